The van der Waals surface area contributed by atoms with E-state index < -0.39 is 0 Å². The summed E-state index contributed by atoms with van der Waals surface area (Å²) in [6.45, 7) is 3.97. The van der Waals surface area contributed by atoms with Crippen LogP contribution in [0, 0.1) is 6.92 Å². The Hall–Kier alpha value is -2.02. The Kier molecular flexibility index (Phi) is 5.08. The highest BCUT2D eigenvalue weighted by Crippen LogP contribution is 2.24. The predicted octanol–water partition coefficient (Wildman–Crippen LogP) is 2.63. The molecule has 6 nitrogen and oxygen atoms in total. The van der Waals surface area contributed by atoms with Crippen molar-refractivity contribution in [2.24, 2.45) is 7.05 Å². The van der Waals surface area contributed by atoms with Crippen LogP contribution >= 0.6 is 11.8 Å². The third kappa shape index (κ3) is 4.29. The number of nitrogens with one attached hydrogen (secondary N) is 1. The van der Waals surface area contributed by atoms with E-state index in [9.17, 15) is 4.79 Å². The van der Waals surface area contributed by atoms with Gasteiger partial charge in [-0.1, -0.05) is 23.9 Å². The van der Waals surface area contributed by atoms with Gasteiger partial charge < -0.3 is 14.6 Å². The number of aryl methyl sites for hydroxylation is 1. The number of rotatable bonds is 7. The molecule has 24 heavy (non-hydrogen) atoms. The summed E-state index contributed by atoms with van der Waals surface area (Å²) in [7, 11) is 1.90. The molecule has 0 radical (unpaired) electrons. The molecular weight excluding hydrogens is 324 g/mol. The van der Waals surface area contributed by atoms with Crippen molar-refractivity contribution in [2.75, 3.05) is 5.75 Å². The van der Waals surface area contributed by atoms with Crippen LogP contribution in [0.1, 0.15) is 37.3 Å². The van der Waals surface area contributed by atoms with Crippen molar-refractivity contribution < 1.29 is 9.53 Å². The van der Waals surface area contributed by atoms with Gasteiger partial charge in [0, 0.05) is 13.1 Å². The summed E-state index contributed by atoms with van der Waals surface area (Å²) < 4.78 is 7.83. The number of hydrogen-bond donors (Lipinski definition) is 1. The Morgan fingerprint density at radius 2 is 2.25 bits per heavy atom. The lowest BCUT2D eigenvalue weighted by atomic mass is 10.2. The van der Waals surface area contributed by atoms with E-state index in [4.69, 9.17) is 4.74 Å². The summed E-state index contributed by atoms with van der Waals surface area (Å²) in [4.78, 5) is 11.8. The van der Waals surface area contributed by atoms with Crippen LogP contribution in [0.2, 0.25) is 0 Å². The molecule has 3 rings (SSSR count). The van der Waals surface area contributed by atoms with Crippen molar-refractivity contribution >= 4 is 17.7 Å². The van der Waals surface area contributed by atoms with Crippen molar-refractivity contribution in [3.05, 3.63) is 35.7 Å². The van der Waals surface area contributed by atoms with Crippen LogP contribution < -0.4 is 10.1 Å². The van der Waals surface area contributed by atoms with E-state index >= 15 is 0 Å². The standard InChI is InChI=1S/C17H22N4O2S/c1-11-5-4-6-14(9-11)23-12(2)16-19-20-17(21(16)3)24-10-15(22)18-13-7-8-13/h4-6,9,12-13H,7-8,10H2,1-3H3,(H,18,22). The van der Waals surface area contributed by atoms with Crippen LogP contribution in [0.5, 0.6) is 5.75 Å². The summed E-state index contributed by atoms with van der Waals surface area (Å²) in [6.07, 6.45) is 1.97. The van der Waals surface area contributed by atoms with Crippen LogP contribution in [0.4, 0.5) is 0 Å². The Labute approximate surface area is 146 Å². The third-order valence-electron chi connectivity index (χ3n) is 3.81. The van der Waals surface area contributed by atoms with Crippen molar-refractivity contribution in [1.82, 2.24) is 20.1 Å². The van der Waals surface area contributed by atoms with Crippen LogP contribution in [0.3, 0.4) is 0 Å². The SMILES string of the molecule is Cc1cccc(OC(C)c2nnc(SCC(=O)NC3CC3)n2C)c1. The van der Waals surface area contributed by atoms with Gasteiger partial charge in [0.2, 0.25) is 5.91 Å². The summed E-state index contributed by atoms with van der Waals surface area (Å²) in [5.74, 6) is 1.96. The van der Waals surface area contributed by atoms with Crippen LogP contribution in [0.15, 0.2) is 29.4 Å². The Morgan fingerprint density at radius 3 is 2.96 bits per heavy atom. The highest BCUT2D eigenvalue weighted by molar-refractivity contribution is 7.99. The molecule has 1 unspecified atom stereocenters. The van der Waals surface area contributed by atoms with Gasteiger partial charge in [0.05, 0.1) is 5.75 Å². The molecular formula is C17H22N4O2S. The molecule has 0 spiro atoms. The number of ether oxygens (including phenoxy) is 1. The summed E-state index contributed by atoms with van der Waals surface area (Å²) >= 11 is 1.39. The van der Waals surface area contributed by atoms with Crippen LogP contribution in [0.25, 0.3) is 0 Å². The highest BCUT2D eigenvalue weighted by atomic mass is 32.2. The fourth-order valence-electron chi connectivity index (χ4n) is 2.38. The van der Waals surface area contributed by atoms with Gasteiger partial charge >= 0.3 is 0 Å². The molecule has 0 bridgehead atoms. The van der Waals surface area contributed by atoms with E-state index in [1.165, 1.54) is 11.8 Å². The quantitative estimate of drug-likeness (QED) is 0.781. The van der Waals surface area contributed by atoms with Gasteiger partial charge in [-0.25, -0.2) is 0 Å². The lowest BCUT2D eigenvalue weighted by Crippen LogP contribution is -2.27. The van der Waals surface area contributed by atoms with E-state index in [-0.39, 0.29) is 12.0 Å². The molecule has 1 aromatic heterocycles. The smallest absolute Gasteiger partial charge is 0.230 e. The summed E-state index contributed by atoms with van der Waals surface area (Å²) in [5.41, 5.74) is 1.15. The number of thioether (sulfide) groups is 1. The average molecular weight is 346 g/mol. The molecule has 1 atom stereocenters. The van der Waals surface area contributed by atoms with Crippen molar-refractivity contribution in [3.63, 3.8) is 0 Å². The molecule has 0 saturated heterocycles. The van der Waals surface area contributed by atoms with Crippen molar-refractivity contribution in [1.29, 1.82) is 0 Å². The van der Waals surface area contributed by atoms with Gasteiger partial charge in [-0.3, -0.25) is 4.79 Å². The topological polar surface area (TPSA) is 69.0 Å². The van der Waals surface area contributed by atoms with Gasteiger partial charge in [-0.2, -0.15) is 0 Å². The molecule has 1 aliphatic rings. The minimum Gasteiger partial charge on any atom is -0.483 e. The normalized spacial score (nSPS) is 15.1. The molecule has 1 amide bonds. The second-order valence-corrected chi connectivity index (χ2v) is 7.05. The zero-order valence-corrected chi connectivity index (χ0v) is 15.0. The molecule has 128 valence electrons. The monoisotopic (exact) mass is 346 g/mol. The number of aromatic nitrogens is 3. The molecule has 1 fully saturated rings. The lowest BCUT2D eigenvalue weighted by Gasteiger charge is -2.14. The lowest BCUT2D eigenvalue weighted by molar-refractivity contribution is -0.118. The first-order valence-electron chi connectivity index (χ1n) is 8.07. The number of benzene rings is 1. The Balaban J connectivity index is 1.59. The molecule has 1 saturated carbocycles. The second-order valence-electron chi connectivity index (χ2n) is 6.11. The van der Waals surface area contributed by atoms with Gasteiger partial charge in [-0.05, 0) is 44.4 Å². The first-order chi connectivity index (χ1) is 11.5. The first-order valence-corrected chi connectivity index (χ1v) is 9.06. The zero-order valence-electron chi connectivity index (χ0n) is 14.2. The minimum absolute atomic E-state index is 0.0520. The van der Waals surface area contributed by atoms with E-state index in [1.807, 2.05) is 49.7 Å². The summed E-state index contributed by atoms with van der Waals surface area (Å²) in [6, 6.07) is 8.30. The molecule has 0 aliphatic heterocycles. The fraction of sp³-hybridized carbons (Fsp3) is 0.471. The zero-order chi connectivity index (χ0) is 17.1. The summed E-state index contributed by atoms with van der Waals surface area (Å²) in [5, 5.41) is 12.1. The maximum Gasteiger partial charge on any atom is 0.230 e. The van der Waals surface area contributed by atoms with Crippen LogP contribution in [-0.2, 0) is 11.8 Å². The number of carbonyl (C=O) groups is 1. The molecule has 7 heteroatoms. The van der Waals surface area contributed by atoms with E-state index in [1.54, 1.807) is 0 Å². The van der Waals surface area contributed by atoms with E-state index in [2.05, 4.69) is 15.5 Å². The number of nitrogens with zero attached hydrogens (tertiary/aromatic N) is 3. The second kappa shape index (κ2) is 7.25. The van der Waals surface area contributed by atoms with Crippen molar-refractivity contribution in [2.45, 2.75) is 44.0 Å². The Morgan fingerprint density at radius 1 is 1.46 bits per heavy atom. The molecule has 1 N–H and O–H groups in total. The molecule has 1 heterocycles. The van der Waals surface area contributed by atoms with Crippen molar-refractivity contribution in [3.8, 4) is 5.75 Å². The van der Waals surface area contributed by atoms with E-state index in [0.29, 0.717) is 11.8 Å². The van der Waals surface area contributed by atoms with Gasteiger partial charge in [0.15, 0.2) is 17.1 Å². The van der Waals surface area contributed by atoms with Gasteiger partial charge in [0.1, 0.15) is 5.75 Å². The van der Waals surface area contributed by atoms with Gasteiger partial charge in [0.25, 0.3) is 0 Å². The average Bonchev–Trinajstić information content (AvgIpc) is 3.26. The molecule has 1 aromatic carbocycles. The minimum atomic E-state index is -0.223. The molecule has 2 aromatic rings. The number of amides is 1. The predicted molar refractivity (Wildman–Crippen MR) is 93.1 cm³/mol. The van der Waals surface area contributed by atoms with Crippen LogP contribution in [-0.4, -0.2) is 32.5 Å². The highest BCUT2D eigenvalue weighted by Gasteiger charge is 2.24. The van der Waals surface area contributed by atoms with E-state index in [0.717, 1.165) is 35.1 Å². The number of hydrogen-bond acceptors (Lipinski definition) is 5. The maximum absolute atomic E-state index is 11.8. The largest absolute Gasteiger partial charge is 0.483 e. The fourth-order valence-corrected chi connectivity index (χ4v) is 3.11. The third-order valence-corrected chi connectivity index (χ3v) is 4.83. The number of carbonyl (C=O) groups excluding carboxylic acids is 1. The maximum atomic E-state index is 11.8. The van der Waals surface area contributed by atoms with Gasteiger partial charge in [-0.15, -0.1) is 10.2 Å². The Bertz CT molecular complexity index is 727. The first kappa shape index (κ1) is 16.8. The molecule has 1 aliphatic carbocycles.